The lowest BCUT2D eigenvalue weighted by atomic mass is 9.99. The van der Waals surface area contributed by atoms with Crippen LogP contribution >= 0.6 is 11.8 Å². The maximum absolute atomic E-state index is 14.6. The molecular formula is C25H30F4N2O3S2. The summed E-state index contributed by atoms with van der Waals surface area (Å²) in [5, 5.41) is 2.99. The number of carbonyl (C=O) groups is 1. The van der Waals surface area contributed by atoms with E-state index in [1.807, 2.05) is 0 Å². The second kappa shape index (κ2) is 11.4. The van der Waals surface area contributed by atoms with E-state index in [4.69, 9.17) is 0 Å². The fourth-order valence-electron chi connectivity index (χ4n) is 4.06. The van der Waals surface area contributed by atoms with Crippen LogP contribution in [0, 0.1) is 5.82 Å². The van der Waals surface area contributed by atoms with Crippen LogP contribution in [0.1, 0.15) is 61.6 Å². The highest BCUT2D eigenvalue weighted by Crippen LogP contribution is 2.39. The summed E-state index contributed by atoms with van der Waals surface area (Å²) in [5.41, 5.74) is 0.0807. The number of thioether (sulfide) groups is 1. The fourth-order valence-corrected chi connectivity index (χ4v) is 5.98. The quantitative estimate of drug-likeness (QED) is 0.407. The Bertz CT molecular complexity index is 1200. The normalized spacial score (nSPS) is 16.0. The van der Waals surface area contributed by atoms with Crippen molar-refractivity contribution in [2.24, 2.45) is 0 Å². The molecule has 0 radical (unpaired) electrons. The summed E-state index contributed by atoms with van der Waals surface area (Å²) in [4.78, 5) is 13.3. The number of amides is 1. The Morgan fingerprint density at radius 3 is 2.39 bits per heavy atom. The van der Waals surface area contributed by atoms with Crippen LogP contribution in [0.4, 0.5) is 23.2 Å². The topological polar surface area (TPSA) is 66.5 Å². The summed E-state index contributed by atoms with van der Waals surface area (Å²) in [6, 6.07) is 7.45. The molecule has 1 fully saturated rings. The number of alkyl halides is 3. The number of halogens is 4. The van der Waals surface area contributed by atoms with Crippen molar-refractivity contribution >= 4 is 33.4 Å². The van der Waals surface area contributed by atoms with Crippen molar-refractivity contribution in [2.45, 2.75) is 67.8 Å². The molecule has 11 heteroatoms. The number of sulfonamides is 1. The molecule has 2 aromatic carbocycles. The molecule has 1 aliphatic carbocycles. The Hall–Kier alpha value is -2.27. The molecule has 5 nitrogen and oxygen atoms in total. The fraction of sp³-hybridized carbons (Fsp3) is 0.480. The van der Waals surface area contributed by atoms with Crippen LogP contribution in [0.25, 0.3) is 0 Å². The third kappa shape index (κ3) is 7.15. The first-order chi connectivity index (χ1) is 16.8. The second-order valence-electron chi connectivity index (χ2n) is 9.08. The summed E-state index contributed by atoms with van der Waals surface area (Å²) in [5.74, 6) is -1.97. The van der Waals surface area contributed by atoms with Gasteiger partial charge in [-0.3, -0.25) is 9.10 Å². The van der Waals surface area contributed by atoms with E-state index >= 15 is 0 Å². The van der Waals surface area contributed by atoms with Gasteiger partial charge in [-0.15, -0.1) is 11.8 Å². The zero-order valence-electron chi connectivity index (χ0n) is 20.4. The molecule has 1 aliphatic rings. The predicted octanol–water partition coefficient (Wildman–Crippen LogP) is 6.09. The van der Waals surface area contributed by atoms with E-state index in [0.29, 0.717) is 16.0 Å². The SMILES string of the molecule is CC(C(=O)NCc1ccc(C(F)(F)F)cc1SC1CCCCC1)c1ccc(N(C)S(C)(=O)=O)c(F)c1. The number of nitrogens with one attached hydrogen (secondary N) is 1. The highest BCUT2D eigenvalue weighted by molar-refractivity contribution is 8.00. The minimum absolute atomic E-state index is 0.0355. The molecule has 0 heterocycles. The molecule has 198 valence electrons. The van der Waals surface area contributed by atoms with Crippen LogP contribution < -0.4 is 9.62 Å². The van der Waals surface area contributed by atoms with E-state index < -0.39 is 39.4 Å². The van der Waals surface area contributed by atoms with Crippen molar-refractivity contribution in [1.82, 2.24) is 5.32 Å². The van der Waals surface area contributed by atoms with Crippen LogP contribution in [-0.4, -0.2) is 32.9 Å². The van der Waals surface area contributed by atoms with E-state index in [-0.39, 0.29) is 17.5 Å². The molecule has 1 atom stereocenters. The van der Waals surface area contributed by atoms with Gasteiger partial charge in [-0.05, 0) is 55.2 Å². The van der Waals surface area contributed by atoms with Gasteiger partial charge in [0.1, 0.15) is 5.82 Å². The first-order valence-electron chi connectivity index (χ1n) is 11.6. The van der Waals surface area contributed by atoms with Gasteiger partial charge in [-0.1, -0.05) is 31.4 Å². The zero-order chi connectivity index (χ0) is 26.7. The third-order valence-corrected chi connectivity index (χ3v) is 9.03. The maximum Gasteiger partial charge on any atom is 0.416 e. The number of nitrogens with zero attached hydrogens (tertiary/aromatic N) is 1. The van der Waals surface area contributed by atoms with E-state index in [1.54, 1.807) is 6.92 Å². The van der Waals surface area contributed by atoms with Crippen molar-refractivity contribution in [1.29, 1.82) is 0 Å². The molecule has 0 aromatic heterocycles. The summed E-state index contributed by atoms with van der Waals surface area (Å²) in [6.45, 7) is 1.61. The van der Waals surface area contributed by atoms with Crippen LogP contribution in [0.15, 0.2) is 41.3 Å². The lowest BCUT2D eigenvalue weighted by Gasteiger charge is -2.23. The summed E-state index contributed by atoms with van der Waals surface area (Å²) in [6.07, 6.45) is 1.62. The molecule has 1 N–H and O–H groups in total. The van der Waals surface area contributed by atoms with Gasteiger partial charge in [0.05, 0.1) is 23.4 Å². The maximum atomic E-state index is 14.6. The summed E-state index contributed by atoms with van der Waals surface area (Å²) in [7, 11) is -2.42. The van der Waals surface area contributed by atoms with Gasteiger partial charge in [0.2, 0.25) is 15.9 Å². The zero-order valence-corrected chi connectivity index (χ0v) is 22.0. The van der Waals surface area contributed by atoms with Crippen molar-refractivity contribution in [3.05, 3.63) is 58.9 Å². The van der Waals surface area contributed by atoms with Gasteiger partial charge < -0.3 is 5.32 Å². The average molecular weight is 547 g/mol. The van der Waals surface area contributed by atoms with Gasteiger partial charge in [0, 0.05) is 23.7 Å². The minimum Gasteiger partial charge on any atom is -0.351 e. The molecule has 0 saturated heterocycles. The van der Waals surface area contributed by atoms with E-state index in [0.717, 1.165) is 60.9 Å². The lowest BCUT2D eigenvalue weighted by molar-refractivity contribution is -0.137. The van der Waals surface area contributed by atoms with Crippen LogP contribution in [0.3, 0.4) is 0 Å². The van der Waals surface area contributed by atoms with Crippen LogP contribution in [0.5, 0.6) is 0 Å². The predicted molar refractivity (Wildman–Crippen MR) is 134 cm³/mol. The van der Waals surface area contributed by atoms with Gasteiger partial charge in [0.15, 0.2) is 0 Å². The highest BCUT2D eigenvalue weighted by atomic mass is 32.2. The molecule has 0 spiro atoms. The van der Waals surface area contributed by atoms with Crippen molar-refractivity contribution in [3.8, 4) is 0 Å². The van der Waals surface area contributed by atoms with Crippen LogP contribution in [-0.2, 0) is 27.5 Å². The Morgan fingerprint density at radius 2 is 1.81 bits per heavy atom. The first-order valence-corrected chi connectivity index (χ1v) is 14.4. The molecule has 1 amide bonds. The number of hydrogen-bond acceptors (Lipinski definition) is 4. The molecule has 1 unspecified atom stereocenters. The van der Waals surface area contributed by atoms with Gasteiger partial charge in [0.25, 0.3) is 0 Å². The molecule has 36 heavy (non-hydrogen) atoms. The van der Waals surface area contributed by atoms with Gasteiger partial charge in [-0.25, -0.2) is 12.8 Å². The number of anilines is 1. The molecule has 0 bridgehead atoms. The van der Waals surface area contributed by atoms with E-state index in [2.05, 4.69) is 5.32 Å². The van der Waals surface area contributed by atoms with Crippen molar-refractivity contribution < 1.29 is 30.8 Å². The van der Waals surface area contributed by atoms with Crippen molar-refractivity contribution in [2.75, 3.05) is 17.6 Å². The molecule has 1 saturated carbocycles. The van der Waals surface area contributed by atoms with Crippen molar-refractivity contribution in [3.63, 3.8) is 0 Å². The standard InChI is InChI=1S/C25H30F4N2O3S2/c1-16(17-10-12-22(21(26)13-17)31(2)36(3,33)34)24(32)30-15-18-9-11-19(25(27,28)29)14-23(18)35-20-7-5-4-6-8-20/h9-14,16,20H,4-8,15H2,1-3H3,(H,30,32). The molecule has 2 aromatic rings. The van der Waals surface area contributed by atoms with E-state index in [1.165, 1.54) is 37.0 Å². The Morgan fingerprint density at radius 1 is 1.14 bits per heavy atom. The van der Waals surface area contributed by atoms with Crippen LogP contribution in [0.2, 0.25) is 0 Å². The first kappa shape index (κ1) is 28.3. The van der Waals surface area contributed by atoms with Gasteiger partial charge in [-0.2, -0.15) is 13.2 Å². The lowest BCUT2D eigenvalue weighted by Crippen LogP contribution is -2.28. The Balaban J connectivity index is 1.74. The summed E-state index contributed by atoms with van der Waals surface area (Å²) < 4.78 is 78.7. The monoisotopic (exact) mass is 546 g/mol. The van der Waals surface area contributed by atoms with E-state index in [9.17, 15) is 30.8 Å². The average Bonchev–Trinajstić information content (AvgIpc) is 2.81. The minimum atomic E-state index is -4.46. The number of benzene rings is 2. The summed E-state index contributed by atoms with van der Waals surface area (Å²) >= 11 is 1.43. The molecule has 0 aliphatic heterocycles. The van der Waals surface area contributed by atoms with Gasteiger partial charge >= 0.3 is 6.18 Å². The molecular weight excluding hydrogens is 516 g/mol. The Kier molecular flexibility index (Phi) is 8.97. The number of carbonyl (C=O) groups excluding carboxylic acids is 1. The molecule has 3 rings (SSSR count). The second-order valence-corrected chi connectivity index (χ2v) is 12.4. The number of rotatable bonds is 8. The largest absolute Gasteiger partial charge is 0.416 e. The Labute approximate surface area is 213 Å². The smallest absolute Gasteiger partial charge is 0.351 e. The highest BCUT2D eigenvalue weighted by Gasteiger charge is 2.31. The third-order valence-electron chi connectivity index (χ3n) is 6.40. The number of hydrogen-bond donors (Lipinski definition) is 1.